The summed E-state index contributed by atoms with van der Waals surface area (Å²) < 4.78 is 5.10. The standard InChI is InChI=1S/C11H24N2O2.ClH/c1-4-6-13(7-5-2)11(14)8-10(9-12)15-3;/h10H,4-9,12H2,1-3H3;1H. The highest BCUT2D eigenvalue weighted by atomic mass is 35.5. The maximum absolute atomic E-state index is 11.8. The SMILES string of the molecule is CCCN(CCC)C(=O)CC(CN)OC.Cl. The molecular weight excluding hydrogens is 228 g/mol. The Bertz CT molecular complexity index is 169. The third-order valence-corrected chi connectivity index (χ3v) is 2.34. The highest BCUT2D eigenvalue weighted by Gasteiger charge is 2.16. The smallest absolute Gasteiger partial charge is 0.225 e. The minimum Gasteiger partial charge on any atom is -0.380 e. The molecule has 0 aromatic rings. The molecule has 0 spiro atoms. The van der Waals surface area contributed by atoms with E-state index in [2.05, 4.69) is 13.8 Å². The van der Waals surface area contributed by atoms with Gasteiger partial charge in [-0.05, 0) is 12.8 Å². The van der Waals surface area contributed by atoms with Gasteiger partial charge in [-0.3, -0.25) is 4.79 Å². The first-order chi connectivity index (χ1) is 7.19. The van der Waals surface area contributed by atoms with E-state index in [0.29, 0.717) is 13.0 Å². The molecule has 0 radical (unpaired) electrons. The Labute approximate surface area is 105 Å². The molecule has 1 unspecified atom stereocenters. The van der Waals surface area contributed by atoms with Crippen LogP contribution in [0.4, 0.5) is 0 Å². The molecule has 1 atom stereocenters. The van der Waals surface area contributed by atoms with Gasteiger partial charge in [0.25, 0.3) is 0 Å². The molecule has 5 heteroatoms. The van der Waals surface area contributed by atoms with Crippen molar-refractivity contribution in [3.63, 3.8) is 0 Å². The average Bonchev–Trinajstić information content (AvgIpc) is 2.25. The summed E-state index contributed by atoms with van der Waals surface area (Å²) in [6, 6.07) is 0. The Balaban J connectivity index is 0. The van der Waals surface area contributed by atoms with Crippen molar-refractivity contribution in [2.24, 2.45) is 5.73 Å². The van der Waals surface area contributed by atoms with E-state index in [-0.39, 0.29) is 24.4 Å². The minimum atomic E-state index is -0.145. The fourth-order valence-electron chi connectivity index (χ4n) is 1.49. The van der Waals surface area contributed by atoms with Crippen LogP contribution in [0.25, 0.3) is 0 Å². The van der Waals surface area contributed by atoms with Gasteiger partial charge in [-0.1, -0.05) is 13.8 Å². The van der Waals surface area contributed by atoms with Crippen molar-refractivity contribution in [3.8, 4) is 0 Å². The van der Waals surface area contributed by atoms with Crippen LogP contribution in [0, 0.1) is 0 Å². The Hall–Kier alpha value is -0.320. The van der Waals surface area contributed by atoms with Crippen molar-refractivity contribution >= 4 is 18.3 Å². The summed E-state index contributed by atoms with van der Waals surface area (Å²) >= 11 is 0. The Morgan fingerprint density at radius 2 is 1.81 bits per heavy atom. The molecule has 0 aliphatic heterocycles. The van der Waals surface area contributed by atoms with Crippen LogP contribution in [0.1, 0.15) is 33.1 Å². The molecule has 1 amide bonds. The highest BCUT2D eigenvalue weighted by molar-refractivity contribution is 5.85. The summed E-state index contributed by atoms with van der Waals surface area (Å²) in [4.78, 5) is 13.7. The van der Waals surface area contributed by atoms with E-state index < -0.39 is 0 Å². The van der Waals surface area contributed by atoms with Gasteiger partial charge in [0.15, 0.2) is 0 Å². The first kappa shape index (κ1) is 18.1. The quantitative estimate of drug-likeness (QED) is 0.711. The monoisotopic (exact) mass is 252 g/mol. The maximum Gasteiger partial charge on any atom is 0.225 e. The number of rotatable bonds is 8. The number of halogens is 1. The van der Waals surface area contributed by atoms with E-state index >= 15 is 0 Å². The zero-order chi connectivity index (χ0) is 11.7. The number of methoxy groups -OCH3 is 1. The number of carbonyl (C=O) groups excluding carboxylic acids is 1. The third kappa shape index (κ3) is 7.04. The van der Waals surface area contributed by atoms with Crippen LogP contribution in [0.2, 0.25) is 0 Å². The molecule has 16 heavy (non-hydrogen) atoms. The van der Waals surface area contributed by atoms with Crippen LogP contribution >= 0.6 is 12.4 Å². The molecule has 0 aromatic carbocycles. The predicted molar refractivity (Wildman–Crippen MR) is 68.9 cm³/mol. The minimum absolute atomic E-state index is 0. The van der Waals surface area contributed by atoms with Crippen LogP contribution in [0.5, 0.6) is 0 Å². The summed E-state index contributed by atoms with van der Waals surface area (Å²) in [5, 5.41) is 0. The molecule has 2 N–H and O–H groups in total. The van der Waals surface area contributed by atoms with Crippen LogP contribution in [0.15, 0.2) is 0 Å². The lowest BCUT2D eigenvalue weighted by Crippen LogP contribution is -2.37. The molecule has 0 fully saturated rings. The normalized spacial score (nSPS) is 11.8. The van der Waals surface area contributed by atoms with Crippen molar-refractivity contribution in [1.82, 2.24) is 4.90 Å². The molecule has 4 nitrogen and oxygen atoms in total. The van der Waals surface area contributed by atoms with Gasteiger partial charge < -0.3 is 15.4 Å². The van der Waals surface area contributed by atoms with Gasteiger partial charge in [0, 0.05) is 26.7 Å². The highest BCUT2D eigenvalue weighted by Crippen LogP contribution is 2.03. The predicted octanol–water partition coefficient (Wildman–Crippen LogP) is 1.42. The van der Waals surface area contributed by atoms with Crippen LogP contribution in [-0.4, -0.2) is 43.7 Å². The number of hydrogen-bond donors (Lipinski definition) is 1. The number of carbonyl (C=O) groups is 1. The molecular formula is C11H25ClN2O2. The van der Waals surface area contributed by atoms with Crippen molar-refractivity contribution in [1.29, 1.82) is 0 Å². The van der Waals surface area contributed by atoms with Crippen LogP contribution in [-0.2, 0) is 9.53 Å². The van der Waals surface area contributed by atoms with E-state index in [0.717, 1.165) is 25.9 Å². The fourth-order valence-corrected chi connectivity index (χ4v) is 1.49. The van der Waals surface area contributed by atoms with Gasteiger partial charge >= 0.3 is 0 Å². The molecule has 0 saturated heterocycles. The summed E-state index contributed by atoms with van der Waals surface area (Å²) in [6.07, 6.45) is 2.24. The molecule has 0 bridgehead atoms. The van der Waals surface area contributed by atoms with E-state index in [9.17, 15) is 4.79 Å². The van der Waals surface area contributed by atoms with E-state index in [4.69, 9.17) is 10.5 Å². The summed E-state index contributed by atoms with van der Waals surface area (Å²) in [6.45, 7) is 6.20. The molecule has 0 aromatic heterocycles. The molecule has 0 saturated carbocycles. The van der Waals surface area contributed by atoms with Crippen molar-refractivity contribution in [3.05, 3.63) is 0 Å². The van der Waals surface area contributed by atoms with Gasteiger partial charge in [0.1, 0.15) is 0 Å². The number of hydrogen-bond acceptors (Lipinski definition) is 3. The zero-order valence-electron chi connectivity index (χ0n) is 10.6. The number of nitrogens with zero attached hydrogens (tertiary/aromatic N) is 1. The fraction of sp³-hybridized carbons (Fsp3) is 0.909. The first-order valence-electron chi connectivity index (χ1n) is 5.70. The van der Waals surface area contributed by atoms with Gasteiger partial charge in [0.2, 0.25) is 5.91 Å². The number of ether oxygens (including phenoxy) is 1. The average molecular weight is 253 g/mol. The molecule has 0 aliphatic rings. The Morgan fingerprint density at radius 3 is 2.12 bits per heavy atom. The van der Waals surface area contributed by atoms with Crippen molar-refractivity contribution < 1.29 is 9.53 Å². The Kier molecular flexibility index (Phi) is 12.6. The third-order valence-electron chi connectivity index (χ3n) is 2.34. The number of amides is 1. The van der Waals surface area contributed by atoms with Crippen LogP contribution < -0.4 is 5.73 Å². The second kappa shape index (κ2) is 11.2. The second-order valence-corrected chi connectivity index (χ2v) is 3.68. The first-order valence-corrected chi connectivity index (χ1v) is 5.70. The van der Waals surface area contributed by atoms with Gasteiger partial charge in [-0.25, -0.2) is 0 Å². The number of nitrogens with two attached hydrogens (primary N) is 1. The summed E-state index contributed by atoms with van der Waals surface area (Å²) in [5.41, 5.74) is 5.48. The molecule has 0 rings (SSSR count). The second-order valence-electron chi connectivity index (χ2n) is 3.68. The summed E-state index contributed by atoms with van der Waals surface area (Å²) in [5.74, 6) is 0.149. The Morgan fingerprint density at radius 1 is 1.31 bits per heavy atom. The van der Waals surface area contributed by atoms with Gasteiger partial charge in [0.05, 0.1) is 12.5 Å². The van der Waals surface area contributed by atoms with Gasteiger partial charge in [-0.2, -0.15) is 0 Å². The molecule has 98 valence electrons. The largest absolute Gasteiger partial charge is 0.380 e. The summed E-state index contributed by atoms with van der Waals surface area (Å²) in [7, 11) is 1.59. The lowest BCUT2D eigenvalue weighted by molar-refractivity contribution is -0.133. The molecule has 0 aliphatic carbocycles. The topological polar surface area (TPSA) is 55.6 Å². The lowest BCUT2D eigenvalue weighted by atomic mass is 10.2. The van der Waals surface area contributed by atoms with Crippen molar-refractivity contribution in [2.75, 3.05) is 26.7 Å². The van der Waals surface area contributed by atoms with Crippen molar-refractivity contribution in [2.45, 2.75) is 39.2 Å². The lowest BCUT2D eigenvalue weighted by Gasteiger charge is -2.23. The zero-order valence-corrected chi connectivity index (χ0v) is 11.4. The maximum atomic E-state index is 11.8. The van der Waals surface area contributed by atoms with Crippen LogP contribution in [0.3, 0.4) is 0 Å². The molecule has 0 heterocycles. The van der Waals surface area contributed by atoms with E-state index in [1.165, 1.54) is 0 Å². The van der Waals surface area contributed by atoms with Gasteiger partial charge in [-0.15, -0.1) is 12.4 Å². The van der Waals surface area contributed by atoms with E-state index in [1.807, 2.05) is 4.90 Å². The van der Waals surface area contributed by atoms with E-state index in [1.54, 1.807) is 7.11 Å².